The largest absolute Gasteiger partial charge is 0.496 e. The van der Waals surface area contributed by atoms with Crippen LogP contribution in [0.15, 0.2) is 22.7 Å². The topological polar surface area (TPSA) is 64.3 Å². The van der Waals surface area contributed by atoms with E-state index in [-0.39, 0.29) is 17.9 Å². The number of nitrogens with one attached hydrogen (secondary N) is 1. The third-order valence-corrected chi connectivity index (χ3v) is 3.22. The molecule has 1 unspecified atom stereocenters. The first-order valence-electron chi connectivity index (χ1n) is 5.80. The number of rotatable bonds is 6. The second kappa shape index (κ2) is 6.75. The molecule has 0 heterocycles. The summed E-state index contributed by atoms with van der Waals surface area (Å²) in [5, 5.41) is 3.16. The minimum Gasteiger partial charge on any atom is -0.496 e. The average molecular weight is 315 g/mol. The fourth-order valence-corrected chi connectivity index (χ4v) is 2.18. The van der Waals surface area contributed by atoms with Gasteiger partial charge in [-0.2, -0.15) is 0 Å². The maximum Gasteiger partial charge on any atom is 0.234 e. The maximum absolute atomic E-state index is 11.3. The number of methoxy groups -OCH3 is 1. The van der Waals surface area contributed by atoms with E-state index in [1.165, 1.54) is 0 Å². The number of halogens is 1. The summed E-state index contributed by atoms with van der Waals surface area (Å²) in [6.45, 7) is 4.45. The molecule has 1 rings (SSSR count). The minimum absolute atomic E-state index is 0.153. The Morgan fingerprint density at radius 3 is 2.67 bits per heavy atom. The second-order valence-corrected chi connectivity index (χ2v) is 5.38. The van der Waals surface area contributed by atoms with E-state index < -0.39 is 0 Å². The molecule has 0 saturated heterocycles. The van der Waals surface area contributed by atoms with E-state index in [0.717, 1.165) is 15.8 Å². The van der Waals surface area contributed by atoms with Crippen LogP contribution in [0.5, 0.6) is 5.75 Å². The molecule has 18 heavy (non-hydrogen) atoms. The molecule has 0 bridgehead atoms. The average Bonchev–Trinajstić information content (AvgIpc) is 2.28. The van der Waals surface area contributed by atoms with E-state index in [0.29, 0.717) is 6.54 Å². The number of primary amides is 1. The third kappa shape index (κ3) is 3.99. The van der Waals surface area contributed by atoms with Crippen molar-refractivity contribution in [3.05, 3.63) is 28.2 Å². The van der Waals surface area contributed by atoms with Gasteiger partial charge in [-0.25, -0.2) is 0 Å². The van der Waals surface area contributed by atoms with Gasteiger partial charge < -0.3 is 15.8 Å². The van der Waals surface area contributed by atoms with Crippen LogP contribution in [0.25, 0.3) is 0 Å². The number of benzene rings is 1. The predicted molar refractivity (Wildman–Crippen MR) is 75.4 cm³/mol. The molecule has 0 fully saturated rings. The van der Waals surface area contributed by atoms with Gasteiger partial charge in [0.05, 0.1) is 13.2 Å². The highest BCUT2D eigenvalue weighted by Gasteiger charge is 2.19. The molecule has 3 N–H and O–H groups in total. The van der Waals surface area contributed by atoms with Gasteiger partial charge >= 0.3 is 0 Å². The van der Waals surface area contributed by atoms with Crippen molar-refractivity contribution in [1.82, 2.24) is 5.32 Å². The lowest BCUT2D eigenvalue weighted by Gasteiger charge is -2.19. The van der Waals surface area contributed by atoms with Crippen LogP contribution in [-0.4, -0.2) is 19.1 Å². The van der Waals surface area contributed by atoms with Gasteiger partial charge in [0.25, 0.3) is 0 Å². The molecule has 4 nitrogen and oxygen atoms in total. The van der Waals surface area contributed by atoms with E-state index in [1.54, 1.807) is 7.11 Å². The Hall–Kier alpha value is -1.07. The summed E-state index contributed by atoms with van der Waals surface area (Å²) < 4.78 is 6.25. The standard InChI is InChI=1S/C13H19BrN2O2/c1-8(2)12(13(15)17)16-7-9-6-10(14)4-5-11(9)18-3/h4-6,8,12,16H,7H2,1-3H3,(H2,15,17). The van der Waals surface area contributed by atoms with Crippen LogP contribution in [0.1, 0.15) is 19.4 Å². The van der Waals surface area contributed by atoms with Crippen LogP contribution in [-0.2, 0) is 11.3 Å². The van der Waals surface area contributed by atoms with Crippen molar-refractivity contribution >= 4 is 21.8 Å². The van der Waals surface area contributed by atoms with Crippen LogP contribution in [0, 0.1) is 5.92 Å². The van der Waals surface area contributed by atoms with Gasteiger partial charge in [-0.15, -0.1) is 0 Å². The van der Waals surface area contributed by atoms with E-state index in [2.05, 4.69) is 21.2 Å². The van der Waals surface area contributed by atoms with Gasteiger partial charge in [0.1, 0.15) is 5.75 Å². The fraction of sp³-hybridized carbons (Fsp3) is 0.462. The minimum atomic E-state index is -0.339. The summed E-state index contributed by atoms with van der Waals surface area (Å²) in [4.78, 5) is 11.3. The maximum atomic E-state index is 11.3. The molecule has 1 aromatic carbocycles. The lowest BCUT2D eigenvalue weighted by molar-refractivity contribution is -0.121. The Morgan fingerprint density at radius 1 is 1.50 bits per heavy atom. The van der Waals surface area contributed by atoms with Crippen molar-refractivity contribution in [2.24, 2.45) is 11.7 Å². The van der Waals surface area contributed by atoms with Crippen molar-refractivity contribution in [3.8, 4) is 5.75 Å². The summed E-state index contributed by atoms with van der Waals surface area (Å²) in [5.74, 6) is 0.609. The van der Waals surface area contributed by atoms with Gasteiger partial charge in [0.2, 0.25) is 5.91 Å². The summed E-state index contributed by atoms with van der Waals surface area (Å²) in [6, 6.07) is 5.42. The van der Waals surface area contributed by atoms with Crippen molar-refractivity contribution in [2.75, 3.05) is 7.11 Å². The molecule has 0 saturated carbocycles. The van der Waals surface area contributed by atoms with Crippen LogP contribution < -0.4 is 15.8 Å². The zero-order chi connectivity index (χ0) is 13.7. The number of carbonyl (C=O) groups excluding carboxylic acids is 1. The first-order valence-corrected chi connectivity index (χ1v) is 6.60. The number of hydrogen-bond acceptors (Lipinski definition) is 3. The number of hydrogen-bond donors (Lipinski definition) is 2. The Kier molecular flexibility index (Phi) is 5.62. The first-order chi connectivity index (χ1) is 8.45. The molecule has 0 spiro atoms. The van der Waals surface area contributed by atoms with E-state index in [9.17, 15) is 4.79 Å². The summed E-state index contributed by atoms with van der Waals surface area (Å²) in [6.07, 6.45) is 0. The molecule has 5 heteroatoms. The lowest BCUT2D eigenvalue weighted by Crippen LogP contribution is -2.44. The highest BCUT2D eigenvalue weighted by Crippen LogP contribution is 2.23. The summed E-state index contributed by atoms with van der Waals surface area (Å²) in [7, 11) is 1.63. The van der Waals surface area contributed by atoms with Crippen LogP contribution in [0.3, 0.4) is 0 Å². The molecule has 0 radical (unpaired) electrons. The van der Waals surface area contributed by atoms with Crippen LogP contribution >= 0.6 is 15.9 Å². The van der Waals surface area contributed by atoms with E-state index >= 15 is 0 Å². The van der Waals surface area contributed by atoms with Gasteiger partial charge in [-0.1, -0.05) is 29.8 Å². The van der Waals surface area contributed by atoms with Gasteiger partial charge in [-0.3, -0.25) is 4.79 Å². The summed E-state index contributed by atoms with van der Waals surface area (Å²) in [5.41, 5.74) is 6.35. The molecule has 1 amide bonds. The first kappa shape index (κ1) is 15.0. The van der Waals surface area contributed by atoms with Gasteiger partial charge in [0, 0.05) is 16.6 Å². The smallest absolute Gasteiger partial charge is 0.234 e. The fourth-order valence-electron chi connectivity index (χ4n) is 1.77. The van der Waals surface area contributed by atoms with Crippen molar-refractivity contribution in [2.45, 2.75) is 26.4 Å². The number of amides is 1. The normalized spacial score (nSPS) is 12.5. The van der Waals surface area contributed by atoms with Crippen LogP contribution in [0.2, 0.25) is 0 Å². The zero-order valence-corrected chi connectivity index (χ0v) is 12.5. The van der Waals surface area contributed by atoms with Gasteiger partial charge in [0.15, 0.2) is 0 Å². The molecular weight excluding hydrogens is 296 g/mol. The second-order valence-electron chi connectivity index (χ2n) is 4.46. The molecule has 100 valence electrons. The third-order valence-electron chi connectivity index (χ3n) is 2.73. The van der Waals surface area contributed by atoms with Gasteiger partial charge in [-0.05, 0) is 24.1 Å². The zero-order valence-electron chi connectivity index (χ0n) is 10.9. The van der Waals surface area contributed by atoms with E-state index in [4.69, 9.17) is 10.5 Å². The SMILES string of the molecule is COc1ccc(Br)cc1CNC(C(N)=O)C(C)C. The van der Waals surface area contributed by atoms with Crippen LogP contribution in [0.4, 0.5) is 0 Å². The number of ether oxygens (including phenoxy) is 1. The van der Waals surface area contributed by atoms with Crippen molar-refractivity contribution in [1.29, 1.82) is 0 Å². The van der Waals surface area contributed by atoms with Crippen molar-refractivity contribution in [3.63, 3.8) is 0 Å². The number of nitrogens with two attached hydrogens (primary N) is 1. The van der Waals surface area contributed by atoms with E-state index in [1.807, 2.05) is 32.0 Å². The monoisotopic (exact) mass is 314 g/mol. The molecule has 0 aromatic heterocycles. The lowest BCUT2D eigenvalue weighted by atomic mass is 10.0. The molecule has 1 atom stereocenters. The molecule has 0 aliphatic rings. The highest BCUT2D eigenvalue weighted by molar-refractivity contribution is 9.10. The Balaban J connectivity index is 2.78. The number of carbonyl (C=O) groups is 1. The van der Waals surface area contributed by atoms with Crippen molar-refractivity contribution < 1.29 is 9.53 Å². The molecule has 0 aliphatic heterocycles. The molecule has 0 aliphatic carbocycles. The predicted octanol–water partition coefficient (Wildman–Crippen LogP) is 2.06. The molecule has 1 aromatic rings. The quantitative estimate of drug-likeness (QED) is 0.844. The Morgan fingerprint density at radius 2 is 2.17 bits per heavy atom. The highest BCUT2D eigenvalue weighted by atomic mass is 79.9. The molecular formula is C13H19BrN2O2. The Labute approximate surface area is 116 Å². The summed E-state index contributed by atoms with van der Waals surface area (Å²) >= 11 is 3.42. The Bertz CT molecular complexity index is 421.